The molecule has 0 radical (unpaired) electrons. The van der Waals surface area contributed by atoms with Crippen molar-refractivity contribution in [3.8, 4) is 5.75 Å². The van der Waals surface area contributed by atoms with Crippen LogP contribution in [0.4, 0.5) is 0 Å². The second-order valence-corrected chi connectivity index (χ2v) is 2.71. The van der Waals surface area contributed by atoms with Gasteiger partial charge < -0.3 is 10.6 Å². The first-order valence-electron chi connectivity index (χ1n) is 4.48. The van der Waals surface area contributed by atoms with Gasteiger partial charge in [-0.1, -0.05) is 18.2 Å². The van der Waals surface area contributed by atoms with E-state index in [1.165, 1.54) is 0 Å². The van der Waals surface area contributed by atoms with Crippen LogP contribution in [-0.2, 0) is 4.89 Å². The maximum atomic E-state index is 5.33. The summed E-state index contributed by atoms with van der Waals surface area (Å²) in [6, 6.07) is 9.43. The average Bonchev–Trinajstić information content (AvgIpc) is 2.19. The van der Waals surface area contributed by atoms with Crippen LogP contribution in [-0.4, -0.2) is 13.2 Å². The Bertz CT molecular complexity index is 213. The molecule has 13 heavy (non-hydrogen) atoms. The molecule has 0 aliphatic rings. The van der Waals surface area contributed by atoms with Gasteiger partial charge in [-0.05, 0) is 31.5 Å². The summed E-state index contributed by atoms with van der Waals surface area (Å²) in [5.41, 5.74) is 5.33. The van der Waals surface area contributed by atoms with Gasteiger partial charge in [-0.3, -0.25) is 0 Å². The van der Waals surface area contributed by atoms with Crippen molar-refractivity contribution in [1.29, 1.82) is 0 Å². The molecule has 0 saturated carbocycles. The van der Waals surface area contributed by atoms with Gasteiger partial charge in [-0.2, -0.15) is 4.89 Å². The van der Waals surface area contributed by atoms with E-state index in [-0.39, 0.29) is 0 Å². The molecule has 3 nitrogen and oxygen atoms in total. The molecule has 1 aromatic rings. The Morgan fingerprint density at radius 2 is 1.85 bits per heavy atom. The van der Waals surface area contributed by atoms with Crippen molar-refractivity contribution in [2.45, 2.75) is 12.8 Å². The molecule has 0 unspecified atom stereocenters. The quantitative estimate of drug-likeness (QED) is 0.413. The third kappa shape index (κ3) is 4.50. The van der Waals surface area contributed by atoms with Crippen LogP contribution in [0.15, 0.2) is 30.3 Å². The standard InChI is InChI=1S/C10H15NO2/c11-8-4-5-9-12-13-10-6-2-1-3-7-10/h1-3,6-7H,4-5,8-9,11H2. The summed E-state index contributed by atoms with van der Waals surface area (Å²) >= 11 is 0. The van der Waals surface area contributed by atoms with Crippen LogP contribution in [0.1, 0.15) is 12.8 Å². The number of rotatable bonds is 6. The first kappa shape index (κ1) is 10.0. The monoisotopic (exact) mass is 181 g/mol. The molecule has 2 N–H and O–H groups in total. The Hall–Kier alpha value is -1.06. The summed E-state index contributed by atoms with van der Waals surface area (Å²) in [7, 11) is 0. The zero-order valence-corrected chi connectivity index (χ0v) is 7.61. The van der Waals surface area contributed by atoms with E-state index in [4.69, 9.17) is 15.5 Å². The number of hydrogen-bond donors (Lipinski definition) is 1. The van der Waals surface area contributed by atoms with Crippen LogP contribution in [0.5, 0.6) is 5.75 Å². The van der Waals surface area contributed by atoms with E-state index in [0.717, 1.165) is 18.6 Å². The largest absolute Gasteiger partial charge is 0.338 e. The van der Waals surface area contributed by atoms with Crippen molar-refractivity contribution in [3.05, 3.63) is 30.3 Å². The Labute approximate surface area is 78.4 Å². The minimum atomic E-state index is 0.589. The molecule has 0 aromatic heterocycles. The highest BCUT2D eigenvalue weighted by Gasteiger charge is 1.91. The molecule has 0 aliphatic carbocycles. The molecule has 0 amide bonds. The minimum Gasteiger partial charge on any atom is -0.338 e. The maximum absolute atomic E-state index is 5.33. The van der Waals surface area contributed by atoms with Crippen molar-refractivity contribution < 1.29 is 9.78 Å². The maximum Gasteiger partial charge on any atom is 0.165 e. The van der Waals surface area contributed by atoms with Gasteiger partial charge in [0, 0.05) is 0 Å². The van der Waals surface area contributed by atoms with Crippen molar-refractivity contribution in [2.75, 3.05) is 13.2 Å². The topological polar surface area (TPSA) is 44.5 Å². The van der Waals surface area contributed by atoms with Gasteiger partial charge in [0.05, 0.1) is 6.61 Å². The van der Waals surface area contributed by atoms with Crippen molar-refractivity contribution in [3.63, 3.8) is 0 Å². The molecule has 0 aliphatic heterocycles. The first-order valence-corrected chi connectivity index (χ1v) is 4.48. The SMILES string of the molecule is NCCCCOOc1ccccc1. The number of nitrogens with two attached hydrogens (primary N) is 1. The summed E-state index contributed by atoms with van der Waals surface area (Å²) in [6.45, 7) is 1.29. The van der Waals surface area contributed by atoms with Gasteiger partial charge in [-0.25, -0.2) is 0 Å². The molecule has 0 fully saturated rings. The average molecular weight is 181 g/mol. The molecule has 3 heteroatoms. The zero-order valence-electron chi connectivity index (χ0n) is 7.61. The van der Waals surface area contributed by atoms with Gasteiger partial charge in [0.25, 0.3) is 0 Å². The Morgan fingerprint density at radius 3 is 2.54 bits per heavy atom. The van der Waals surface area contributed by atoms with Crippen molar-refractivity contribution in [2.24, 2.45) is 5.73 Å². The normalized spacial score (nSPS) is 9.92. The lowest BCUT2D eigenvalue weighted by Gasteiger charge is -2.03. The van der Waals surface area contributed by atoms with Gasteiger partial charge in [-0.15, -0.1) is 0 Å². The number of hydrogen-bond acceptors (Lipinski definition) is 3. The van der Waals surface area contributed by atoms with E-state index in [2.05, 4.69) is 0 Å². The Morgan fingerprint density at radius 1 is 1.08 bits per heavy atom. The Kier molecular flexibility index (Phi) is 4.98. The molecular formula is C10H15NO2. The predicted molar refractivity (Wildman–Crippen MR) is 51.3 cm³/mol. The summed E-state index contributed by atoms with van der Waals surface area (Å²) in [6.07, 6.45) is 1.90. The molecule has 1 rings (SSSR count). The van der Waals surface area contributed by atoms with E-state index in [0.29, 0.717) is 13.2 Å². The first-order chi connectivity index (χ1) is 6.43. The van der Waals surface area contributed by atoms with Crippen molar-refractivity contribution >= 4 is 0 Å². The highest BCUT2D eigenvalue weighted by Crippen LogP contribution is 2.08. The minimum absolute atomic E-state index is 0.589. The fourth-order valence-electron chi connectivity index (χ4n) is 0.891. The summed E-state index contributed by atoms with van der Waals surface area (Å²) in [5, 5.41) is 0. The molecule has 0 heterocycles. The lowest BCUT2D eigenvalue weighted by atomic mass is 10.3. The molecule has 72 valence electrons. The smallest absolute Gasteiger partial charge is 0.165 e. The van der Waals surface area contributed by atoms with E-state index < -0.39 is 0 Å². The summed E-state index contributed by atoms with van der Waals surface area (Å²) < 4.78 is 0. The Balaban J connectivity index is 2.07. The van der Waals surface area contributed by atoms with Gasteiger partial charge >= 0.3 is 0 Å². The van der Waals surface area contributed by atoms with Crippen LogP contribution in [0.25, 0.3) is 0 Å². The second kappa shape index (κ2) is 6.46. The van der Waals surface area contributed by atoms with Crippen LogP contribution in [0.3, 0.4) is 0 Å². The zero-order chi connectivity index (χ0) is 9.36. The third-order valence-electron chi connectivity index (χ3n) is 1.58. The van der Waals surface area contributed by atoms with Crippen LogP contribution in [0, 0.1) is 0 Å². The van der Waals surface area contributed by atoms with Gasteiger partial charge in [0.15, 0.2) is 5.75 Å². The van der Waals surface area contributed by atoms with Crippen molar-refractivity contribution in [1.82, 2.24) is 0 Å². The third-order valence-corrected chi connectivity index (χ3v) is 1.58. The van der Waals surface area contributed by atoms with Gasteiger partial charge in [0.2, 0.25) is 0 Å². The van der Waals surface area contributed by atoms with E-state index in [1.54, 1.807) is 0 Å². The van der Waals surface area contributed by atoms with E-state index >= 15 is 0 Å². The van der Waals surface area contributed by atoms with Gasteiger partial charge in [0.1, 0.15) is 0 Å². The predicted octanol–water partition coefficient (Wildman–Crippen LogP) is 1.74. The fraction of sp³-hybridized carbons (Fsp3) is 0.400. The van der Waals surface area contributed by atoms with Crippen LogP contribution in [0.2, 0.25) is 0 Å². The van der Waals surface area contributed by atoms with E-state index in [1.807, 2.05) is 30.3 Å². The lowest BCUT2D eigenvalue weighted by Crippen LogP contribution is -2.03. The van der Waals surface area contributed by atoms with Crippen LogP contribution >= 0.6 is 0 Å². The highest BCUT2D eigenvalue weighted by molar-refractivity contribution is 5.20. The fourth-order valence-corrected chi connectivity index (χ4v) is 0.891. The molecular weight excluding hydrogens is 166 g/mol. The summed E-state index contributed by atoms with van der Waals surface area (Å²) in [4.78, 5) is 9.98. The molecule has 0 bridgehead atoms. The van der Waals surface area contributed by atoms with Crippen LogP contribution < -0.4 is 10.6 Å². The molecule has 0 atom stereocenters. The highest BCUT2D eigenvalue weighted by atomic mass is 17.2. The van der Waals surface area contributed by atoms with E-state index in [9.17, 15) is 0 Å². The molecule has 1 aromatic carbocycles. The summed E-state index contributed by atoms with van der Waals surface area (Å²) in [5.74, 6) is 0.732. The lowest BCUT2D eigenvalue weighted by molar-refractivity contribution is -0.207. The molecule has 0 saturated heterocycles. The second-order valence-electron chi connectivity index (χ2n) is 2.71. The number of unbranched alkanes of at least 4 members (excludes halogenated alkanes) is 1. The number of para-hydroxylation sites is 1. The molecule has 0 spiro atoms. The number of benzene rings is 1.